The highest BCUT2D eigenvalue weighted by Crippen LogP contribution is 2.26. The molecule has 0 spiro atoms. The average molecular weight is 407 g/mol. The number of quaternary nitrogens is 1. The lowest BCUT2D eigenvalue weighted by Crippen LogP contribution is -3.08. The van der Waals surface area contributed by atoms with Gasteiger partial charge in [-0.05, 0) is 57.4 Å². The van der Waals surface area contributed by atoms with E-state index in [2.05, 4.69) is 51.1 Å². The van der Waals surface area contributed by atoms with E-state index in [0.717, 1.165) is 30.2 Å². The Morgan fingerprint density at radius 1 is 1.18 bits per heavy atom. The van der Waals surface area contributed by atoms with Crippen LogP contribution in [0.5, 0.6) is 5.75 Å². The quantitative estimate of drug-likeness (QED) is 0.758. The van der Waals surface area contributed by atoms with Crippen molar-refractivity contribution < 1.29 is 18.1 Å². The summed E-state index contributed by atoms with van der Waals surface area (Å²) < 4.78 is 31.5. The monoisotopic (exact) mass is 406 g/mol. The van der Waals surface area contributed by atoms with E-state index in [9.17, 15) is 8.42 Å². The van der Waals surface area contributed by atoms with Gasteiger partial charge in [0.2, 0.25) is 0 Å². The Morgan fingerprint density at radius 3 is 2.46 bits per heavy atom. The molecule has 2 heterocycles. The SMILES string of the molecule is Cc1cc(C)cc(OCC[NH+](C)Cc2c(C)nn([C@@H]3CCS(=O)(=O)C3)c2C)c1. The number of aryl methyl sites for hydroxylation is 3. The van der Waals surface area contributed by atoms with Crippen LogP contribution in [0.2, 0.25) is 0 Å². The molecule has 28 heavy (non-hydrogen) atoms. The van der Waals surface area contributed by atoms with Gasteiger partial charge in [0.1, 0.15) is 25.4 Å². The molecule has 1 aliphatic rings. The van der Waals surface area contributed by atoms with Crippen molar-refractivity contribution in [1.82, 2.24) is 9.78 Å². The minimum Gasteiger partial charge on any atom is -0.488 e. The van der Waals surface area contributed by atoms with Crippen molar-refractivity contribution in [2.75, 3.05) is 31.7 Å². The first-order valence-corrected chi connectivity index (χ1v) is 11.7. The van der Waals surface area contributed by atoms with E-state index in [0.29, 0.717) is 13.0 Å². The maximum absolute atomic E-state index is 11.8. The molecule has 0 aliphatic carbocycles. The first-order valence-electron chi connectivity index (χ1n) is 9.92. The molecule has 2 aromatic rings. The highest BCUT2D eigenvalue weighted by atomic mass is 32.2. The smallest absolute Gasteiger partial charge is 0.152 e. The van der Waals surface area contributed by atoms with Crippen LogP contribution in [-0.2, 0) is 16.4 Å². The Hall–Kier alpha value is -1.86. The summed E-state index contributed by atoms with van der Waals surface area (Å²) >= 11 is 0. The molecule has 1 aromatic carbocycles. The standard InChI is InChI=1S/C21H31N3O3S/c1-15-10-16(2)12-20(11-15)27-8-7-23(5)13-21-17(3)22-24(18(21)4)19-6-9-28(25,26)14-19/h10-12,19H,6-9,13-14H2,1-5H3/p+1/t19-/m1/s1. The maximum Gasteiger partial charge on any atom is 0.152 e. The van der Waals surface area contributed by atoms with Gasteiger partial charge in [-0.2, -0.15) is 5.10 Å². The van der Waals surface area contributed by atoms with Gasteiger partial charge in [-0.25, -0.2) is 8.42 Å². The predicted octanol–water partition coefficient (Wildman–Crippen LogP) is 1.57. The zero-order valence-corrected chi connectivity index (χ0v) is 18.4. The second-order valence-electron chi connectivity index (χ2n) is 8.21. The van der Waals surface area contributed by atoms with Crippen molar-refractivity contribution in [3.63, 3.8) is 0 Å². The molecule has 1 aliphatic heterocycles. The summed E-state index contributed by atoms with van der Waals surface area (Å²) in [4.78, 5) is 1.34. The minimum atomic E-state index is -2.91. The molecular formula is C21H32N3O3S+. The van der Waals surface area contributed by atoms with Crippen LogP contribution < -0.4 is 9.64 Å². The van der Waals surface area contributed by atoms with E-state index in [1.165, 1.54) is 21.6 Å². The van der Waals surface area contributed by atoms with E-state index in [1.807, 2.05) is 11.6 Å². The molecule has 0 amide bonds. The summed E-state index contributed by atoms with van der Waals surface area (Å²) in [5.74, 6) is 1.40. The molecule has 7 heteroatoms. The first kappa shape index (κ1) is 20.9. The van der Waals surface area contributed by atoms with Gasteiger partial charge in [-0.1, -0.05) is 6.07 Å². The van der Waals surface area contributed by atoms with Crippen LogP contribution in [0.25, 0.3) is 0 Å². The summed E-state index contributed by atoms with van der Waals surface area (Å²) in [5.41, 5.74) is 5.73. The van der Waals surface area contributed by atoms with Gasteiger partial charge < -0.3 is 9.64 Å². The lowest BCUT2D eigenvalue weighted by Gasteiger charge is -2.16. The van der Waals surface area contributed by atoms with Crippen LogP contribution in [0.4, 0.5) is 0 Å². The number of hydrogen-bond acceptors (Lipinski definition) is 4. The van der Waals surface area contributed by atoms with Crippen LogP contribution in [0.3, 0.4) is 0 Å². The number of sulfone groups is 1. The second kappa shape index (κ2) is 8.25. The highest BCUT2D eigenvalue weighted by molar-refractivity contribution is 7.91. The number of aromatic nitrogens is 2. The highest BCUT2D eigenvalue weighted by Gasteiger charge is 2.31. The van der Waals surface area contributed by atoms with Gasteiger partial charge in [0.15, 0.2) is 9.84 Å². The van der Waals surface area contributed by atoms with Crippen LogP contribution in [0, 0.1) is 27.7 Å². The van der Waals surface area contributed by atoms with Crippen molar-refractivity contribution in [3.8, 4) is 5.75 Å². The van der Waals surface area contributed by atoms with Crippen LogP contribution >= 0.6 is 0 Å². The van der Waals surface area contributed by atoms with Gasteiger partial charge in [0.25, 0.3) is 0 Å². The second-order valence-corrected chi connectivity index (χ2v) is 10.4. The molecule has 0 saturated carbocycles. The van der Waals surface area contributed by atoms with E-state index >= 15 is 0 Å². The molecule has 1 aromatic heterocycles. The number of likely N-dealkylation sites (N-methyl/N-ethyl adjacent to an activating group) is 1. The van der Waals surface area contributed by atoms with E-state index in [4.69, 9.17) is 4.74 Å². The molecule has 6 nitrogen and oxygen atoms in total. The van der Waals surface area contributed by atoms with E-state index in [1.54, 1.807) is 0 Å². The third-order valence-electron chi connectivity index (χ3n) is 5.50. The third kappa shape index (κ3) is 4.94. The zero-order valence-electron chi connectivity index (χ0n) is 17.6. The average Bonchev–Trinajstić information content (AvgIpc) is 3.07. The number of rotatable bonds is 7. The fourth-order valence-corrected chi connectivity index (χ4v) is 5.72. The molecule has 1 saturated heterocycles. The van der Waals surface area contributed by atoms with Crippen molar-refractivity contribution in [2.24, 2.45) is 0 Å². The predicted molar refractivity (Wildman–Crippen MR) is 111 cm³/mol. The Morgan fingerprint density at radius 2 is 1.86 bits per heavy atom. The zero-order chi connectivity index (χ0) is 20.5. The normalized spacial score (nSPS) is 19.7. The van der Waals surface area contributed by atoms with E-state index in [-0.39, 0.29) is 17.5 Å². The minimum absolute atomic E-state index is 0.0225. The molecule has 2 atom stereocenters. The number of hydrogen-bond donors (Lipinski definition) is 1. The molecule has 1 unspecified atom stereocenters. The lowest BCUT2D eigenvalue weighted by molar-refractivity contribution is -0.893. The maximum atomic E-state index is 11.8. The number of ether oxygens (including phenoxy) is 1. The first-order chi connectivity index (χ1) is 13.1. The number of nitrogens with zero attached hydrogens (tertiary/aromatic N) is 2. The number of nitrogens with one attached hydrogen (secondary N) is 1. The lowest BCUT2D eigenvalue weighted by atomic mass is 10.1. The third-order valence-corrected chi connectivity index (χ3v) is 7.25. The van der Waals surface area contributed by atoms with Crippen LogP contribution in [0.15, 0.2) is 18.2 Å². The molecule has 154 valence electrons. The van der Waals surface area contributed by atoms with Crippen LogP contribution in [0.1, 0.15) is 40.5 Å². The van der Waals surface area contributed by atoms with Gasteiger partial charge in [-0.3, -0.25) is 4.68 Å². The van der Waals surface area contributed by atoms with Gasteiger partial charge in [0.05, 0.1) is 35.9 Å². The Balaban J connectivity index is 1.59. The molecule has 1 fully saturated rings. The van der Waals surface area contributed by atoms with Crippen molar-refractivity contribution in [3.05, 3.63) is 46.3 Å². The van der Waals surface area contributed by atoms with Gasteiger partial charge in [-0.15, -0.1) is 0 Å². The van der Waals surface area contributed by atoms with Gasteiger partial charge in [0, 0.05) is 5.69 Å². The van der Waals surface area contributed by atoms with E-state index < -0.39 is 9.84 Å². The molecule has 0 radical (unpaired) electrons. The molecule has 3 rings (SSSR count). The molecule has 1 N–H and O–H groups in total. The summed E-state index contributed by atoms with van der Waals surface area (Å²) in [6.45, 7) is 10.6. The van der Waals surface area contributed by atoms with Crippen molar-refractivity contribution >= 4 is 9.84 Å². The van der Waals surface area contributed by atoms with Crippen molar-refractivity contribution in [2.45, 2.75) is 46.7 Å². The topological polar surface area (TPSA) is 65.6 Å². The summed E-state index contributed by atoms with van der Waals surface area (Å²) in [6, 6.07) is 6.25. The van der Waals surface area contributed by atoms with Gasteiger partial charge >= 0.3 is 0 Å². The fraction of sp³-hybridized carbons (Fsp3) is 0.571. The molecular weight excluding hydrogens is 374 g/mol. The number of benzene rings is 1. The van der Waals surface area contributed by atoms with Crippen LogP contribution in [-0.4, -0.2) is 49.9 Å². The largest absolute Gasteiger partial charge is 0.488 e. The summed E-state index contributed by atoms with van der Waals surface area (Å²) in [6.07, 6.45) is 0.663. The van der Waals surface area contributed by atoms with Crippen molar-refractivity contribution in [1.29, 1.82) is 0 Å². The Kier molecular flexibility index (Phi) is 6.15. The fourth-order valence-electron chi connectivity index (χ4n) is 4.03. The Labute approximate surface area is 168 Å². The summed E-state index contributed by atoms with van der Waals surface area (Å²) in [7, 11) is -0.760. The summed E-state index contributed by atoms with van der Waals surface area (Å²) in [5, 5.41) is 4.67. The Bertz CT molecular complexity index is 930. The molecule has 0 bridgehead atoms.